The fraction of sp³-hybridized carbons (Fsp3) is 0.381. The van der Waals surface area contributed by atoms with Gasteiger partial charge in [0.25, 0.3) is 11.8 Å². The molecule has 0 saturated carbocycles. The average Bonchev–Trinajstić information content (AvgIpc) is 3.49. The van der Waals surface area contributed by atoms with Crippen LogP contribution in [0.1, 0.15) is 23.2 Å². The number of hydrogen-bond acceptors (Lipinski definition) is 8. The van der Waals surface area contributed by atoms with Crippen LogP contribution in [0.4, 0.5) is 5.69 Å². The molecule has 2 aromatic heterocycles. The molecule has 0 atom stereocenters. The van der Waals surface area contributed by atoms with Crippen LogP contribution in [0.15, 0.2) is 40.1 Å². The second kappa shape index (κ2) is 9.27. The van der Waals surface area contributed by atoms with Crippen LogP contribution in [0, 0.1) is 0 Å². The third-order valence-corrected chi connectivity index (χ3v) is 5.84. The number of anilines is 1. The van der Waals surface area contributed by atoms with Crippen LogP contribution in [0.25, 0.3) is 10.8 Å². The van der Waals surface area contributed by atoms with Gasteiger partial charge in [0.05, 0.1) is 37.3 Å². The van der Waals surface area contributed by atoms with Gasteiger partial charge in [-0.2, -0.15) is 0 Å². The van der Waals surface area contributed by atoms with E-state index in [1.54, 1.807) is 12.0 Å². The highest BCUT2D eigenvalue weighted by Gasteiger charge is 2.23. The Balaban J connectivity index is 1.51. The molecular weight excluding hydrogens is 404 g/mol. The van der Waals surface area contributed by atoms with Crippen LogP contribution >= 0.6 is 11.3 Å². The quantitative estimate of drug-likeness (QED) is 0.571. The molecule has 1 saturated heterocycles. The number of rotatable bonds is 7. The lowest BCUT2D eigenvalue weighted by molar-refractivity contribution is 0.0735. The van der Waals surface area contributed by atoms with Gasteiger partial charge >= 0.3 is 0 Å². The van der Waals surface area contributed by atoms with Crippen molar-refractivity contribution in [2.75, 3.05) is 44.9 Å². The fourth-order valence-electron chi connectivity index (χ4n) is 3.35. The van der Waals surface area contributed by atoms with Gasteiger partial charge in [-0.3, -0.25) is 4.79 Å². The summed E-state index contributed by atoms with van der Waals surface area (Å²) in [6.45, 7) is 5.70. The lowest BCUT2D eigenvalue weighted by atomic mass is 10.1. The molecule has 0 bridgehead atoms. The zero-order valence-corrected chi connectivity index (χ0v) is 17.9. The maximum Gasteiger partial charge on any atom is 0.258 e. The SMILES string of the molecule is CCN(Cc1nnc(-c2cccs2)o1)C(=O)c1ccc(N2CCOCC2)cc1OC. The normalized spacial score (nSPS) is 14.0. The van der Waals surface area contributed by atoms with Gasteiger partial charge in [0.1, 0.15) is 5.75 Å². The predicted octanol–water partition coefficient (Wildman–Crippen LogP) is 3.31. The van der Waals surface area contributed by atoms with Crippen molar-refractivity contribution in [2.45, 2.75) is 13.5 Å². The van der Waals surface area contributed by atoms with Gasteiger partial charge in [-0.15, -0.1) is 21.5 Å². The summed E-state index contributed by atoms with van der Waals surface area (Å²) in [5.41, 5.74) is 1.53. The Hall–Kier alpha value is -2.91. The largest absolute Gasteiger partial charge is 0.496 e. The second-order valence-electron chi connectivity index (χ2n) is 6.78. The Morgan fingerprint density at radius 1 is 1.27 bits per heavy atom. The molecule has 0 unspecified atom stereocenters. The summed E-state index contributed by atoms with van der Waals surface area (Å²) >= 11 is 1.53. The van der Waals surface area contributed by atoms with Crippen LogP contribution in [0.2, 0.25) is 0 Å². The minimum Gasteiger partial charge on any atom is -0.496 e. The first-order valence-corrected chi connectivity index (χ1v) is 10.7. The zero-order chi connectivity index (χ0) is 20.9. The molecule has 1 fully saturated rings. The maximum absolute atomic E-state index is 13.2. The molecule has 0 aliphatic carbocycles. The molecule has 0 N–H and O–H groups in total. The standard InChI is InChI=1S/C21H24N4O4S/c1-3-24(14-19-22-23-20(29-19)18-5-4-12-30-18)21(26)16-7-6-15(13-17(16)27-2)25-8-10-28-11-9-25/h4-7,12-13H,3,8-11,14H2,1-2H3. The van der Waals surface area contributed by atoms with Crippen molar-refractivity contribution < 1.29 is 18.7 Å². The molecule has 8 nitrogen and oxygen atoms in total. The van der Waals surface area contributed by atoms with Crippen LogP contribution in [-0.2, 0) is 11.3 Å². The molecule has 3 aromatic rings. The lowest BCUT2D eigenvalue weighted by Crippen LogP contribution is -2.36. The number of thiophene rings is 1. The van der Waals surface area contributed by atoms with Gasteiger partial charge in [-0.05, 0) is 30.5 Å². The fourth-order valence-corrected chi connectivity index (χ4v) is 4.00. The van der Waals surface area contributed by atoms with Gasteiger partial charge in [-0.1, -0.05) is 6.07 Å². The van der Waals surface area contributed by atoms with Crippen molar-refractivity contribution in [3.05, 3.63) is 47.2 Å². The van der Waals surface area contributed by atoms with Gasteiger partial charge in [-0.25, -0.2) is 0 Å². The Labute approximate surface area is 179 Å². The van der Waals surface area contributed by atoms with Gasteiger partial charge < -0.3 is 23.7 Å². The highest BCUT2D eigenvalue weighted by Crippen LogP contribution is 2.28. The van der Waals surface area contributed by atoms with Crippen molar-refractivity contribution in [3.63, 3.8) is 0 Å². The number of benzene rings is 1. The summed E-state index contributed by atoms with van der Waals surface area (Å²) in [7, 11) is 1.58. The Morgan fingerprint density at radius 3 is 2.80 bits per heavy atom. The van der Waals surface area contributed by atoms with E-state index in [9.17, 15) is 4.79 Å². The first-order chi connectivity index (χ1) is 14.7. The summed E-state index contributed by atoms with van der Waals surface area (Å²) < 4.78 is 16.7. The molecule has 1 aliphatic rings. The number of carbonyl (C=O) groups is 1. The number of aromatic nitrogens is 2. The summed E-state index contributed by atoms with van der Waals surface area (Å²) in [5.74, 6) is 1.28. The number of nitrogens with zero attached hydrogens (tertiary/aromatic N) is 4. The number of carbonyl (C=O) groups excluding carboxylic acids is 1. The molecule has 9 heteroatoms. The smallest absolute Gasteiger partial charge is 0.258 e. The van der Waals surface area contributed by atoms with E-state index in [2.05, 4.69) is 15.1 Å². The molecule has 1 aromatic carbocycles. The van der Waals surface area contributed by atoms with Gasteiger partial charge in [0.2, 0.25) is 5.89 Å². The predicted molar refractivity (Wildman–Crippen MR) is 114 cm³/mol. The third-order valence-electron chi connectivity index (χ3n) is 4.99. The van der Waals surface area contributed by atoms with Crippen molar-refractivity contribution in [2.24, 2.45) is 0 Å². The third kappa shape index (κ3) is 4.31. The van der Waals surface area contributed by atoms with E-state index in [-0.39, 0.29) is 12.5 Å². The van der Waals surface area contributed by atoms with E-state index in [1.165, 1.54) is 11.3 Å². The Bertz CT molecular complexity index is 983. The van der Waals surface area contributed by atoms with Crippen molar-refractivity contribution in [1.29, 1.82) is 0 Å². The topological polar surface area (TPSA) is 80.9 Å². The van der Waals surface area contributed by atoms with Crippen LogP contribution < -0.4 is 9.64 Å². The average molecular weight is 429 g/mol. The maximum atomic E-state index is 13.2. The van der Waals surface area contributed by atoms with Crippen LogP contribution in [0.5, 0.6) is 5.75 Å². The lowest BCUT2D eigenvalue weighted by Gasteiger charge is -2.29. The molecule has 1 amide bonds. The van der Waals surface area contributed by atoms with E-state index in [0.717, 1.165) is 23.7 Å². The molecule has 3 heterocycles. The summed E-state index contributed by atoms with van der Waals surface area (Å²) in [5, 5.41) is 10.1. The van der Waals surface area contributed by atoms with Crippen LogP contribution in [-0.4, -0.2) is 61.0 Å². The van der Waals surface area contributed by atoms with Crippen LogP contribution in [0.3, 0.4) is 0 Å². The highest BCUT2D eigenvalue weighted by molar-refractivity contribution is 7.13. The summed E-state index contributed by atoms with van der Waals surface area (Å²) in [6.07, 6.45) is 0. The van der Waals surface area contributed by atoms with Gasteiger partial charge in [0, 0.05) is 31.4 Å². The van der Waals surface area contributed by atoms with E-state index >= 15 is 0 Å². The van der Waals surface area contributed by atoms with Crippen molar-refractivity contribution >= 4 is 22.9 Å². The molecule has 1 aliphatic heterocycles. The van der Waals surface area contributed by atoms with E-state index < -0.39 is 0 Å². The monoisotopic (exact) mass is 428 g/mol. The molecule has 30 heavy (non-hydrogen) atoms. The van der Waals surface area contributed by atoms with E-state index in [0.29, 0.717) is 42.9 Å². The molecule has 158 valence electrons. The summed E-state index contributed by atoms with van der Waals surface area (Å²) in [6, 6.07) is 9.54. The molecular formula is C21H24N4O4S. The number of amides is 1. The molecule has 0 radical (unpaired) electrons. The Morgan fingerprint density at radius 2 is 2.10 bits per heavy atom. The number of hydrogen-bond donors (Lipinski definition) is 0. The number of morpholine rings is 1. The zero-order valence-electron chi connectivity index (χ0n) is 17.0. The number of ether oxygens (including phenoxy) is 2. The van der Waals surface area contributed by atoms with E-state index in [1.807, 2.05) is 42.6 Å². The first kappa shape index (κ1) is 20.4. The van der Waals surface area contributed by atoms with Crippen molar-refractivity contribution in [3.8, 4) is 16.5 Å². The van der Waals surface area contributed by atoms with Gasteiger partial charge in [0.15, 0.2) is 0 Å². The van der Waals surface area contributed by atoms with Crippen molar-refractivity contribution in [1.82, 2.24) is 15.1 Å². The highest BCUT2D eigenvalue weighted by atomic mass is 32.1. The molecule has 0 spiro atoms. The molecule has 4 rings (SSSR count). The second-order valence-corrected chi connectivity index (χ2v) is 7.73. The van der Waals surface area contributed by atoms with E-state index in [4.69, 9.17) is 13.9 Å². The Kier molecular flexibility index (Phi) is 6.29. The minimum absolute atomic E-state index is 0.140. The minimum atomic E-state index is -0.140. The first-order valence-electron chi connectivity index (χ1n) is 9.86. The summed E-state index contributed by atoms with van der Waals surface area (Å²) in [4.78, 5) is 18.0. The number of methoxy groups -OCH3 is 1.